The molecule has 0 aliphatic rings. The predicted octanol–water partition coefficient (Wildman–Crippen LogP) is 4.58. The Morgan fingerprint density at radius 3 is 2.89 bits per heavy atom. The van der Waals surface area contributed by atoms with Gasteiger partial charge in [0.05, 0.1) is 28.9 Å². The summed E-state index contributed by atoms with van der Waals surface area (Å²) in [5.74, 6) is 0.339. The van der Waals surface area contributed by atoms with E-state index in [-0.39, 0.29) is 11.7 Å². The normalized spacial score (nSPS) is 10.5. The molecule has 0 bridgehead atoms. The molecule has 3 aromatic rings. The molecule has 28 heavy (non-hydrogen) atoms. The lowest BCUT2D eigenvalue weighted by Crippen LogP contribution is -2.15. The molecular weight excluding hydrogens is 414 g/mol. The molecule has 0 fully saturated rings. The quantitative estimate of drug-likeness (QED) is 0.553. The fourth-order valence-corrected chi connectivity index (χ4v) is 3.93. The van der Waals surface area contributed by atoms with E-state index in [4.69, 9.17) is 16.9 Å². The number of nitriles is 1. The maximum Gasteiger partial charge on any atom is 0.234 e. The van der Waals surface area contributed by atoms with Gasteiger partial charge in [-0.05, 0) is 36.8 Å². The van der Waals surface area contributed by atoms with E-state index in [9.17, 15) is 4.79 Å². The Balaban J connectivity index is 1.66. The van der Waals surface area contributed by atoms with Crippen LogP contribution in [0.5, 0.6) is 0 Å². The molecule has 0 aliphatic carbocycles. The van der Waals surface area contributed by atoms with Gasteiger partial charge in [0.15, 0.2) is 5.16 Å². The van der Waals surface area contributed by atoms with Crippen LogP contribution in [0.25, 0.3) is 5.69 Å². The van der Waals surface area contributed by atoms with Crippen molar-refractivity contribution in [2.75, 3.05) is 16.8 Å². The number of nitrogens with zero attached hydrogens (tertiary/aromatic N) is 4. The molecule has 2 aromatic carbocycles. The number of aryl methyl sites for hydroxylation is 1. The Morgan fingerprint density at radius 1 is 1.29 bits per heavy atom. The van der Waals surface area contributed by atoms with E-state index in [0.29, 0.717) is 21.6 Å². The standard InChI is InChI=1S/C19H16ClN5OS2/c1-13-6-7-14(10-15(13)20)25-12-22-24-19(25)28-11-18(26)23-16-4-2-3-5-17(16)27-9-8-21/h2-7,10,12H,9,11H2,1H3,(H,23,26). The van der Waals surface area contributed by atoms with Crippen LogP contribution in [-0.2, 0) is 4.79 Å². The zero-order chi connectivity index (χ0) is 19.9. The molecule has 0 atom stereocenters. The summed E-state index contributed by atoms with van der Waals surface area (Å²) in [7, 11) is 0. The first-order valence-electron chi connectivity index (χ1n) is 8.26. The first kappa shape index (κ1) is 20.3. The average molecular weight is 430 g/mol. The lowest BCUT2D eigenvalue weighted by Gasteiger charge is -2.10. The van der Waals surface area contributed by atoms with E-state index in [1.165, 1.54) is 23.5 Å². The second-order valence-electron chi connectivity index (χ2n) is 5.70. The Bertz CT molecular complexity index is 1030. The molecule has 6 nitrogen and oxygen atoms in total. The van der Waals surface area contributed by atoms with Crippen LogP contribution >= 0.6 is 35.1 Å². The molecule has 0 saturated carbocycles. The summed E-state index contributed by atoms with van der Waals surface area (Å²) in [5.41, 5.74) is 2.52. The fraction of sp³-hybridized carbons (Fsp3) is 0.158. The monoisotopic (exact) mass is 429 g/mol. The number of rotatable bonds is 7. The number of nitrogens with one attached hydrogen (secondary N) is 1. The first-order valence-corrected chi connectivity index (χ1v) is 10.6. The van der Waals surface area contributed by atoms with Gasteiger partial charge in [-0.2, -0.15) is 5.26 Å². The molecule has 0 aliphatic heterocycles. The average Bonchev–Trinajstić information content (AvgIpc) is 3.16. The maximum atomic E-state index is 12.4. The van der Waals surface area contributed by atoms with E-state index in [1.807, 2.05) is 49.4 Å². The summed E-state index contributed by atoms with van der Waals surface area (Å²) in [5, 5.41) is 20.9. The number of amides is 1. The van der Waals surface area contributed by atoms with Crippen molar-refractivity contribution in [2.45, 2.75) is 17.0 Å². The zero-order valence-electron chi connectivity index (χ0n) is 14.9. The van der Waals surface area contributed by atoms with Crippen LogP contribution in [0.1, 0.15) is 5.56 Å². The van der Waals surface area contributed by atoms with Crippen molar-refractivity contribution in [1.29, 1.82) is 5.26 Å². The summed E-state index contributed by atoms with van der Waals surface area (Å²) in [6.45, 7) is 1.94. The van der Waals surface area contributed by atoms with E-state index >= 15 is 0 Å². The minimum atomic E-state index is -0.161. The van der Waals surface area contributed by atoms with Crippen molar-refractivity contribution in [2.24, 2.45) is 0 Å². The molecule has 0 unspecified atom stereocenters. The number of hydrogen-bond acceptors (Lipinski definition) is 6. The topological polar surface area (TPSA) is 83.6 Å². The van der Waals surface area contributed by atoms with E-state index in [2.05, 4.69) is 21.6 Å². The van der Waals surface area contributed by atoms with Crippen molar-refractivity contribution < 1.29 is 4.79 Å². The number of aromatic nitrogens is 3. The van der Waals surface area contributed by atoms with Crippen molar-refractivity contribution >= 4 is 46.7 Å². The van der Waals surface area contributed by atoms with Gasteiger partial charge in [-0.15, -0.1) is 22.0 Å². The van der Waals surface area contributed by atoms with Gasteiger partial charge in [-0.3, -0.25) is 9.36 Å². The van der Waals surface area contributed by atoms with Crippen molar-refractivity contribution in [3.8, 4) is 11.8 Å². The van der Waals surface area contributed by atoms with Gasteiger partial charge in [-0.1, -0.05) is 41.6 Å². The fourth-order valence-electron chi connectivity index (χ4n) is 2.35. The van der Waals surface area contributed by atoms with Crippen LogP contribution < -0.4 is 5.32 Å². The molecule has 3 rings (SSSR count). The third-order valence-corrected chi connectivity index (χ3v) is 6.03. The minimum Gasteiger partial charge on any atom is -0.324 e. The first-order chi connectivity index (χ1) is 13.6. The van der Waals surface area contributed by atoms with Crippen LogP contribution in [-0.4, -0.2) is 32.2 Å². The molecule has 0 radical (unpaired) electrons. The molecule has 142 valence electrons. The van der Waals surface area contributed by atoms with Crippen LogP contribution in [0.3, 0.4) is 0 Å². The van der Waals surface area contributed by atoms with Crippen LogP contribution in [0.15, 0.2) is 58.8 Å². The Kier molecular flexibility index (Phi) is 6.98. The smallest absolute Gasteiger partial charge is 0.234 e. The number of benzene rings is 2. The molecular formula is C19H16ClN5OS2. The number of thioether (sulfide) groups is 2. The molecule has 1 heterocycles. The predicted molar refractivity (Wildman–Crippen MR) is 113 cm³/mol. The van der Waals surface area contributed by atoms with Gasteiger partial charge in [-0.25, -0.2) is 0 Å². The molecule has 1 amide bonds. The lowest BCUT2D eigenvalue weighted by atomic mass is 10.2. The highest BCUT2D eigenvalue weighted by Crippen LogP contribution is 2.27. The second kappa shape index (κ2) is 9.64. The van der Waals surface area contributed by atoms with Crippen LogP contribution in [0, 0.1) is 18.3 Å². The second-order valence-corrected chi connectivity index (χ2v) is 8.06. The van der Waals surface area contributed by atoms with E-state index < -0.39 is 0 Å². The SMILES string of the molecule is Cc1ccc(-n2cnnc2SCC(=O)Nc2ccccc2SCC#N)cc1Cl. The number of anilines is 1. The van der Waals surface area contributed by atoms with Gasteiger partial charge in [0, 0.05) is 9.92 Å². The van der Waals surface area contributed by atoms with E-state index in [1.54, 1.807) is 10.9 Å². The summed E-state index contributed by atoms with van der Waals surface area (Å²) < 4.78 is 1.79. The molecule has 1 aromatic heterocycles. The van der Waals surface area contributed by atoms with Crippen molar-refractivity contribution in [3.63, 3.8) is 0 Å². The summed E-state index contributed by atoms with van der Waals surface area (Å²) in [6.07, 6.45) is 1.59. The Hall–Kier alpha value is -2.47. The lowest BCUT2D eigenvalue weighted by molar-refractivity contribution is -0.113. The highest BCUT2D eigenvalue weighted by molar-refractivity contribution is 8.00. The number of carbonyl (C=O) groups excluding carboxylic acids is 1. The van der Waals surface area contributed by atoms with Gasteiger partial charge < -0.3 is 5.32 Å². The van der Waals surface area contributed by atoms with Gasteiger partial charge >= 0.3 is 0 Å². The highest BCUT2D eigenvalue weighted by Gasteiger charge is 2.12. The number of para-hydroxylation sites is 1. The Labute approximate surface area is 176 Å². The zero-order valence-corrected chi connectivity index (χ0v) is 17.3. The molecule has 1 N–H and O–H groups in total. The van der Waals surface area contributed by atoms with Crippen LogP contribution in [0.4, 0.5) is 5.69 Å². The Morgan fingerprint density at radius 2 is 2.11 bits per heavy atom. The number of hydrogen-bond donors (Lipinski definition) is 1. The van der Waals surface area contributed by atoms with E-state index in [0.717, 1.165) is 16.1 Å². The van der Waals surface area contributed by atoms with Gasteiger partial charge in [0.1, 0.15) is 6.33 Å². The largest absolute Gasteiger partial charge is 0.324 e. The van der Waals surface area contributed by atoms with Crippen LogP contribution in [0.2, 0.25) is 5.02 Å². The van der Waals surface area contributed by atoms with Gasteiger partial charge in [0.25, 0.3) is 0 Å². The number of halogens is 1. The minimum absolute atomic E-state index is 0.161. The highest BCUT2D eigenvalue weighted by atomic mass is 35.5. The molecule has 0 saturated heterocycles. The van der Waals surface area contributed by atoms with Gasteiger partial charge in [0.2, 0.25) is 5.91 Å². The summed E-state index contributed by atoms with van der Waals surface area (Å²) in [6, 6.07) is 15.2. The third kappa shape index (κ3) is 5.07. The molecule has 0 spiro atoms. The summed E-state index contributed by atoms with van der Waals surface area (Å²) in [4.78, 5) is 13.3. The maximum absolute atomic E-state index is 12.4. The third-order valence-electron chi connectivity index (χ3n) is 3.74. The van der Waals surface area contributed by atoms with Crippen molar-refractivity contribution in [3.05, 3.63) is 59.4 Å². The number of carbonyl (C=O) groups is 1. The van der Waals surface area contributed by atoms with Crippen molar-refractivity contribution in [1.82, 2.24) is 14.8 Å². The molecule has 9 heteroatoms. The summed E-state index contributed by atoms with van der Waals surface area (Å²) >= 11 is 8.87.